The fourth-order valence-corrected chi connectivity index (χ4v) is 4.27. The second-order valence-electron chi connectivity index (χ2n) is 6.28. The van der Waals surface area contributed by atoms with Gasteiger partial charge >= 0.3 is 0 Å². The highest BCUT2D eigenvalue weighted by Crippen LogP contribution is 2.21. The molecule has 0 aliphatic heterocycles. The number of hydrogen-bond acceptors (Lipinski definition) is 2. The number of hydrogen-bond donors (Lipinski definition) is 2. The van der Waals surface area contributed by atoms with Gasteiger partial charge < -0.3 is 4.90 Å². The van der Waals surface area contributed by atoms with Crippen LogP contribution in [0.2, 0.25) is 0 Å². The van der Waals surface area contributed by atoms with Gasteiger partial charge in [0.05, 0.1) is 25.5 Å². The van der Waals surface area contributed by atoms with Gasteiger partial charge in [0.15, 0.2) is 0 Å². The molecule has 114 valence electrons. The predicted molar refractivity (Wildman–Crippen MR) is 85.5 cm³/mol. The van der Waals surface area contributed by atoms with Crippen molar-refractivity contribution < 1.29 is 13.3 Å². The van der Waals surface area contributed by atoms with E-state index >= 15 is 0 Å². The van der Waals surface area contributed by atoms with E-state index in [1.165, 1.54) is 4.90 Å². The third kappa shape index (κ3) is 5.16. The smallest absolute Gasteiger partial charge is 0.240 e. The molecule has 1 aromatic rings. The highest BCUT2D eigenvalue weighted by Gasteiger charge is 2.25. The lowest BCUT2D eigenvalue weighted by Crippen LogP contribution is -3.07. The Bertz CT molecular complexity index is 569. The van der Waals surface area contributed by atoms with Gasteiger partial charge in [0.1, 0.15) is 0 Å². The monoisotopic (exact) mass is 363 g/mol. The Balaban J connectivity index is 2.88. The molecule has 1 rings (SSSR count). The summed E-state index contributed by atoms with van der Waals surface area (Å²) in [5.74, 6) is 0. The lowest BCUT2D eigenvalue weighted by molar-refractivity contribution is -0.865. The largest absolute Gasteiger partial charge is 0.339 e. The van der Waals surface area contributed by atoms with Gasteiger partial charge in [-0.3, -0.25) is 0 Å². The van der Waals surface area contributed by atoms with Crippen molar-refractivity contribution in [2.24, 2.45) is 5.41 Å². The molecule has 0 saturated heterocycles. The summed E-state index contributed by atoms with van der Waals surface area (Å²) in [4.78, 5) is 1.63. The molecule has 0 amide bonds. The summed E-state index contributed by atoms with van der Waals surface area (Å²) < 4.78 is 28.3. The zero-order valence-corrected chi connectivity index (χ0v) is 15.2. The summed E-state index contributed by atoms with van der Waals surface area (Å²) in [6.07, 6.45) is 0. The van der Waals surface area contributed by atoms with Crippen LogP contribution in [0.25, 0.3) is 0 Å². The molecule has 0 unspecified atom stereocenters. The van der Waals surface area contributed by atoms with Crippen LogP contribution in [0.1, 0.15) is 19.4 Å². The Morgan fingerprint density at radius 2 is 1.90 bits per heavy atom. The lowest BCUT2D eigenvalue weighted by Gasteiger charge is -2.26. The molecule has 6 heteroatoms. The van der Waals surface area contributed by atoms with E-state index in [2.05, 4.69) is 48.6 Å². The van der Waals surface area contributed by atoms with Crippen molar-refractivity contribution in [3.05, 3.63) is 28.2 Å². The first-order valence-electron chi connectivity index (χ1n) is 6.58. The van der Waals surface area contributed by atoms with Gasteiger partial charge in [-0.2, -0.15) is 0 Å². The quantitative estimate of drug-likeness (QED) is 0.797. The van der Waals surface area contributed by atoms with Crippen molar-refractivity contribution in [2.75, 3.05) is 27.2 Å². The van der Waals surface area contributed by atoms with Gasteiger partial charge in [-0.15, -0.1) is 0 Å². The van der Waals surface area contributed by atoms with Crippen molar-refractivity contribution in [2.45, 2.75) is 25.7 Å². The van der Waals surface area contributed by atoms with Crippen LogP contribution in [0.3, 0.4) is 0 Å². The molecule has 0 spiro atoms. The molecule has 0 saturated carbocycles. The van der Waals surface area contributed by atoms with Gasteiger partial charge in [-0.1, -0.05) is 35.8 Å². The summed E-state index contributed by atoms with van der Waals surface area (Å²) in [6, 6.07) is 5.28. The SMILES string of the molecule is Cc1ccc(Br)cc1S(=O)(=O)NCC(C)(C)C[NH+](C)C. The molecule has 0 radical (unpaired) electrons. The molecule has 1 aromatic carbocycles. The summed E-state index contributed by atoms with van der Waals surface area (Å²) in [7, 11) is 0.657. The van der Waals surface area contributed by atoms with Gasteiger partial charge in [0, 0.05) is 16.4 Å². The van der Waals surface area contributed by atoms with E-state index in [9.17, 15) is 8.42 Å². The third-order valence-corrected chi connectivity index (χ3v) is 5.05. The summed E-state index contributed by atoms with van der Waals surface area (Å²) >= 11 is 3.32. The minimum Gasteiger partial charge on any atom is -0.339 e. The van der Waals surface area contributed by atoms with Crippen LogP contribution in [0.5, 0.6) is 0 Å². The first-order valence-corrected chi connectivity index (χ1v) is 8.86. The molecule has 0 aliphatic rings. The zero-order valence-electron chi connectivity index (χ0n) is 12.7. The van der Waals surface area contributed by atoms with Crippen molar-refractivity contribution in [1.82, 2.24) is 4.72 Å². The molecular weight excluding hydrogens is 340 g/mol. The molecule has 0 bridgehead atoms. The number of benzene rings is 1. The standard InChI is InChI=1S/C14H23BrN2O2S/c1-11-6-7-12(15)8-13(11)20(18,19)16-9-14(2,3)10-17(4)5/h6-8,16H,9-10H2,1-5H3/p+1. The lowest BCUT2D eigenvalue weighted by atomic mass is 9.93. The Kier molecular flexibility index (Phi) is 5.78. The normalized spacial score (nSPS) is 12.9. The maximum Gasteiger partial charge on any atom is 0.240 e. The second kappa shape index (κ2) is 6.56. The molecule has 20 heavy (non-hydrogen) atoms. The Morgan fingerprint density at radius 3 is 2.45 bits per heavy atom. The molecular formula is C14H24BrN2O2S+. The predicted octanol–water partition coefficient (Wildman–Crippen LogP) is 1.21. The van der Waals surface area contributed by atoms with Crippen LogP contribution in [0, 0.1) is 12.3 Å². The molecule has 0 heterocycles. The number of aryl methyl sites for hydroxylation is 1. The third-order valence-electron chi connectivity index (χ3n) is 3.01. The second-order valence-corrected chi connectivity index (χ2v) is 8.93. The van der Waals surface area contributed by atoms with E-state index in [1.54, 1.807) is 19.1 Å². The van der Waals surface area contributed by atoms with E-state index in [1.807, 2.05) is 6.07 Å². The number of quaternary nitrogens is 1. The number of halogens is 1. The maximum absolute atomic E-state index is 12.4. The molecule has 0 aromatic heterocycles. The van der Waals surface area contributed by atoms with Crippen molar-refractivity contribution in [3.63, 3.8) is 0 Å². The number of sulfonamides is 1. The zero-order chi connectivity index (χ0) is 15.6. The van der Waals surface area contributed by atoms with E-state index in [0.717, 1.165) is 16.6 Å². The fraction of sp³-hybridized carbons (Fsp3) is 0.571. The average molecular weight is 364 g/mol. The molecule has 0 atom stereocenters. The van der Waals surface area contributed by atoms with Crippen LogP contribution < -0.4 is 9.62 Å². The minimum atomic E-state index is -3.47. The molecule has 0 fully saturated rings. The highest BCUT2D eigenvalue weighted by atomic mass is 79.9. The van der Waals surface area contributed by atoms with Crippen LogP contribution in [0.15, 0.2) is 27.6 Å². The molecule has 2 N–H and O–H groups in total. The number of nitrogens with one attached hydrogen (secondary N) is 2. The average Bonchev–Trinajstić information content (AvgIpc) is 2.28. The fourth-order valence-electron chi connectivity index (χ4n) is 2.25. The van der Waals surface area contributed by atoms with E-state index < -0.39 is 10.0 Å². The maximum atomic E-state index is 12.4. The van der Waals surface area contributed by atoms with Gasteiger partial charge in [0.2, 0.25) is 10.0 Å². The highest BCUT2D eigenvalue weighted by molar-refractivity contribution is 9.10. The Hall–Kier alpha value is -0.430. The van der Waals surface area contributed by atoms with Crippen LogP contribution in [-0.2, 0) is 10.0 Å². The summed E-state index contributed by atoms with van der Waals surface area (Å²) in [5, 5.41) is 0. The van der Waals surface area contributed by atoms with E-state index in [-0.39, 0.29) is 5.41 Å². The van der Waals surface area contributed by atoms with Crippen molar-refractivity contribution in [3.8, 4) is 0 Å². The van der Waals surface area contributed by atoms with Gasteiger partial charge in [-0.25, -0.2) is 13.1 Å². The first kappa shape index (κ1) is 17.6. The van der Waals surface area contributed by atoms with Gasteiger partial charge in [-0.05, 0) is 24.6 Å². The molecule has 0 aliphatic carbocycles. The Morgan fingerprint density at radius 1 is 1.30 bits per heavy atom. The first-order chi connectivity index (χ1) is 9.03. The minimum absolute atomic E-state index is 0.0914. The van der Waals surface area contributed by atoms with Crippen LogP contribution >= 0.6 is 15.9 Å². The van der Waals surface area contributed by atoms with Crippen molar-refractivity contribution in [1.29, 1.82) is 0 Å². The van der Waals surface area contributed by atoms with Crippen LogP contribution in [-0.4, -0.2) is 35.6 Å². The Labute approximate surface area is 130 Å². The summed E-state index contributed by atoms with van der Waals surface area (Å²) in [6.45, 7) is 7.25. The van der Waals surface area contributed by atoms with E-state index in [0.29, 0.717) is 11.4 Å². The van der Waals surface area contributed by atoms with Crippen LogP contribution in [0.4, 0.5) is 0 Å². The molecule has 4 nitrogen and oxygen atoms in total. The van der Waals surface area contributed by atoms with Gasteiger partial charge in [0.25, 0.3) is 0 Å². The van der Waals surface area contributed by atoms with Crippen molar-refractivity contribution >= 4 is 26.0 Å². The number of rotatable bonds is 6. The summed E-state index contributed by atoms with van der Waals surface area (Å²) in [5.41, 5.74) is 0.656. The van der Waals surface area contributed by atoms with E-state index in [4.69, 9.17) is 0 Å². The topological polar surface area (TPSA) is 50.6 Å².